The summed E-state index contributed by atoms with van der Waals surface area (Å²) in [5, 5.41) is 5.75. The minimum atomic E-state index is -0.609. The Hall–Kier alpha value is -1.95. The summed E-state index contributed by atoms with van der Waals surface area (Å²) in [6, 6.07) is 3.58. The molecule has 0 saturated carbocycles. The number of rotatable bonds is 3. The van der Waals surface area contributed by atoms with E-state index >= 15 is 0 Å². The highest BCUT2D eigenvalue weighted by Gasteiger charge is 2.23. The maximum atomic E-state index is 13.3. The van der Waals surface area contributed by atoms with E-state index in [1.807, 2.05) is 0 Å². The zero-order valence-corrected chi connectivity index (χ0v) is 11.2. The smallest absolute Gasteiger partial charge is 0.339 e. The van der Waals surface area contributed by atoms with Crippen molar-refractivity contribution in [2.45, 2.75) is 12.8 Å². The first-order valence-electron chi connectivity index (χ1n) is 6.51. The van der Waals surface area contributed by atoms with Gasteiger partial charge in [-0.15, -0.1) is 0 Å². The van der Waals surface area contributed by atoms with Gasteiger partial charge in [0.1, 0.15) is 5.82 Å². The minimum absolute atomic E-state index is 0.144. The lowest BCUT2D eigenvalue weighted by molar-refractivity contribution is -0.120. The number of nitrogens with one attached hydrogen (secondary N) is 2. The van der Waals surface area contributed by atoms with E-state index in [9.17, 15) is 14.0 Å². The fourth-order valence-electron chi connectivity index (χ4n) is 2.22. The summed E-state index contributed by atoms with van der Waals surface area (Å²) in [5.74, 6) is -1.51. The third kappa shape index (κ3) is 3.33. The molecule has 1 saturated heterocycles. The van der Waals surface area contributed by atoms with E-state index in [2.05, 4.69) is 15.4 Å². The highest BCUT2D eigenvalue weighted by Crippen LogP contribution is 2.20. The molecule has 1 heterocycles. The largest absolute Gasteiger partial charge is 0.465 e. The Balaban J connectivity index is 2.16. The zero-order chi connectivity index (χ0) is 14.5. The van der Waals surface area contributed by atoms with Gasteiger partial charge in [-0.2, -0.15) is 0 Å². The van der Waals surface area contributed by atoms with E-state index < -0.39 is 11.8 Å². The summed E-state index contributed by atoms with van der Waals surface area (Å²) in [6.07, 6.45) is 1.70. The lowest BCUT2D eigenvalue weighted by atomic mass is 9.98. The summed E-state index contributed by atoms with van der Waals surface area (Å²) in [4.78, 5) is 23.7. The van der Waals surface area contributed by atoms with Crippen LogP contribution in [0.25, 0.3) is 0 Å². The maximum absolute atomic E-state index is 13.3. The molecule has 1 unspecified atom stereocenters. The van der Waals surface area contributed by atoms with E-state index in [1.165, 1.54) is 13.2 Å². The number of hydrogen-bond donors (Lipinski definition) is 2. The summed E-state index contributed by atoms with van der Waals surface area (Å²) in [5.41, 5.74) is 0.290. The number of hydrogen-bond acceptors (Lipinski definition) is 4. The van der Waals surface area contributed by atoms with Crippen molar-refractivity contribution in [1.82, 2.24) is 5.32 Å². The lowest BCUT2D eigenvalue weighted by Crippen LogP contribution is -2.37. The standard InChI is InChI=1S/C14H17FN2O3/c1-20-14(19)11-5-4-10(15)7-12(11)17-13(18)9-3-2-6-16-8-9/h4-5,7,9,16H,2-3,6,8H2,1H3,(H,17,18). The molecule has 0 radical (unpaired) electrons. The van der Waals surface area contributed by atoms with Gasteiger partial charge in [0.05, 0.1) is 24.3 Å². The molecule has 6 heteroatoms. The Bertz CT molecular complexity index is 513. The molecule has 1 aliphatic rings. The van der Waals surface area contributed by atoms with E-state index in [0.29, 0.717) is 6.54 Å². The monoisotopic (exact) mass is 280 g/mol. The molecule has 0 bridgehead atoms. The van der Waals surface area contributed by atoms with Gasteiger partial charge >= 0.3 is 5.97 Å². The van der Waals surface area contributed by atoms with Crippen LogP contribution in [0.15, 0.2) is 18.2 Å². The predicted molar refractivity (Wildman–Crippen MR) is 72.0 cm³/mol. The van der Waals surface area contributed by atoms with Gasteiger partial charge in [0, 0.05) is 6.54 Å². The van der Waals surface area contributed by atoms with Gasteiger partial charge in [0.15, 0.2) is 0 Å². The van der Waals surface area contributed by atoms with Crippen LogP contribution in [0.2, 0.25) is 0 Å². The van der Waals surface area contributed by atoms with Crippen molar-refractivity contribution >= 4 is 17.6 Å². The number of methoxy groups -OCH3 is 1. The van der Waals surface area contributed by atoms with Gasteiger partial charge in [-0.3, -0.25) is 4.79 Å². The van der Waals surface area contributed by atoms with Crippen molar-refractivity contribution in [2.75, 3.05) is 25.5 Å². The van der Waals surface area contributed by atoms with Crippen molar-refractivity contribution in [2.24, 2.45) is 5.92 Å². The molecule has 0 spiro atoms. The number of halogens is 1. The van der Waals surface area contributed by atoms with Crippen LogP contribution in [0.3, 0.4) is 0 Å². The van der Waals surface area contributed by atoms with E-state index in [1.54, 1.807) is 0 Å². The number of piperidine rings is 1. The van der Waals surface area contributed by atoms with Crippen molar-refractivity contribution < 1.29 is 18.7 Å². The molecule has 1 aromatic carbocycles. The number of carbonyl (C=O) groups excluding carboxylic acids is 2. The lowest BCUT2D eigenvalue weighted by Gasteiger charge is -2.22. The van der Waals surface area contributed by atoms with Gasteiger partial charge in [-0.1, -0.05) is 0 Å². The molecule has 0 aromatic heterocycles. The first kappa shape index (κ1) is 14.5. The topological polar surface area (TPSA) is 67.4 Å². The molecule has 20 heavy (non-hydrogen) atoms. The van der Waals surface area contributed by atoms with E-state index in [-0.39, 0.29) is 23.1 Å². The van der Waals surface area contributed by atoms with Crippen LogP contribution >= 0.6 is 0 Å². The van der Waals surface area contributed by atoms with Gasteiger partial charge < -0.3 is 15.4 Å². The van der Waals surface area contributed by atoms with Crippen LogP contribution in [-0.4, -0.2) is 32.1 Å². The Morgan fingerprint density at radius 2 is 2.25 bits per heavy atom. The van der Waals surface area contributed by atoms with Crippen LogP contribution in [0.4, 0.5) is 10.1 Å². The third-order valence-electron chi connectivity index (χ3n) is 3.31. The summed E-state index contributed by atoms with van der Waals surface area (Å²) < 4.78 is 17.9. The van der Waals surface area contributed by atoms with Crippen LogP contribution in [-0.2, 0) is 9.53 Å². The molecule has 0 aliphatic carbocycles. The quantitative estimate of drug-likeness (QED) is 0.824. The van der Waals surface area contributed by atoms with Gasteiger partial charge in [0.2, 0.25) is 5.91 Å². The fourth-order valence-corrected chi connectivity index (χ4v) is 2.22. The normalized spacial score (nSPS) is 18.4. The number of carbonyl (C=O) groups is 2. The van der Waals surface area contributed by atoms with E-state index in [4.69, 9.17) is 0 Å². The Morgan fingerprint density at radius 1 is 1.45 bits per heavy atom. The number of esters is 1. The summed E-state index contributed by atoms with van der Waals surface area (Å²) in [7, 11) is 1.24. The Labute approximate surface area is 116 Å². The second-order valence-electron chi connectivity index (χ2n) is 4.71. The van der Waals surface area contributed by atoms with Gasteiger partial charge in [0.25, 0.3) is 0 Å². The predicted octanol–water partition coefficient (Wildman–Crippen LogP) is 1.55. The third-order valence-corrected chi connectivity index (χ3v) is 3.31. The average Bonchev–Trinajstić information content (AvgIpc) is 2.47. The molecule has 108 valence electrons. The van der Waals surface area contributed by atoms with E-state index in [0.717, 1.165) is 31.5 Å². The summed E-state index contributed by atoms with van der Waals surface area (Å²) in [6.45, 7) is 1.49. The zero-order valence-electron chi connectivity index (χ0n) is 11.2. The first-order chi connectivity index (χ1) is 9.61. The molecule has 2 rings (SSSR count). The average molecular weight is 280 g/mol. The SMILES string of the molecule is COC(=O)c1ccc(F)cc1NC(=O)C1CCCNC1. The van der Waals surface area contributed by atoms with Crippen molar-refractivity contribution in [3.63, 3.8) is 0 Å². The number of ether oxygens (including phenoxy) is 1. The highest BCUT2D eigenvalue weighted by atomic mass is 19.1. The molecule has 1 amide bonds. The molecule has 1 fully saturated rings. The maximum Gasteiger partial charge on any atom is 0.339 e. The van der Waals surface area contributed by atoms with Crippen LogP contribution in [0.5, 0.6) is 0 Å². The molecule has 1 aliphatic heterocycles. The van der Waals surface area contributed by atoms with Crippen LogP contribution < -0.4 is 10.6 Å². The molecule has 1 atom stereocenters. The van der Waals surface area contributed by atoms with Gasteiger partial charge in [-0.25, -0.2) is 9.18 Å². The summed E-state index contributed by atoms with van der Waals surface area (Å²) >= 11 is 0. The van der Waals surface area contributed by atoms with Crippen molar-refractivity contribution in [3.8, 4) is 0 Å². The second-order valence-corrected chi connectivity index (χ2v) is 4.71. The molecule has 2 N–H and O–H groups in total. The number of benzene rings is 1. The molecule has 5 nitrogen and oxygen atoms in total. The highest BCUT2D eigenvalue weighted by molar-refractivity contribution is 6.01. The Kier molecular flexibility index (Phi) is 4.68. The molecular weight excluding hydrogens is 263 g/mol. The second kappa shape index (κ2) is 6.47. The van der Waals surface area contributed by atoms with Crippen molar-refractivity contribution in [3.05, 3.63) is 29.6 Å². The fraction of sp³-hybridized carbons (Fsp3) is 0.429. The van der Waals surface area contributed by atoms with Crippen LogP contribution in [0.1, 0.15) is 23.2 Å². The Morgan fingerprint density at radius 3 is 2.90 bits per heavy atom. The molecular formula is C14H17FN2O3. The van der Waals surface area contributed by atoms with Crippen LogP contribution in [0, 0.1) is 11.7 Å². The van der Waals surface area contributed by atoms with Gasteiger partial charge in [-0.05, 0) is 37.6 Å². The number of anilines is 1. The molecule has 1 aromatic rings. The van der Waals surface area contributed by atoms with Crippen molar-refractivity contribution in [1.29, 1.82) is 0 Å². The minimum Gasteiger partial charge on any atom is -0.465 e. The number of amides is 1. The first-order valence-corrected chi connectivity index (χ1v) is 6.51.